The van der Waals surface area contributed by atoms with Crippen molar-refractivity contribution >= 4 is 45.5 Å². The summed E-state index contributed by atoms with van der Waals surface area (Å²) in [6.07, 6.45) is 1.14. The molecule has 39 heavy (non-hydrogen) atoms. The molecule has 0 aliphatic rings. The smallest absolute Gasteiger partial charge is 0.352 e. The molecule has 3 aromatic carbocycles. The number of carboxylic acid groups (broad SMARTS) is 1. The number of hydrogen-bond donors (Lipinski definition) is 4. The van der Waals surface area contributed by atoms with Crippen LogP contribution in [0, 0.1) is 0 Å². The van der Waals surface area contributed by atoms with Gasteiger partial charge in [-0.1, -0.05) is 35.9 Å². The molecule has 0 heterocycles. The van der Waals surface area contributed by atoms with Gasteiger partial charge in [-0.15, -0.1) is 0 Å². The fourth-order valence-corrected chi connectivity index (χ4v) is 4.04. The maximum Gasteiger partial charge on any atom is 0.352 e. The Morgan fingerprint density at radius 2 is 1.74 bits per heavy atom. The Kier molecular flexibility index (Phi) is 9.79. The number of rotatable bonds is 11. The van der Waals surface area contributed by atoms with E-state index in [4.69, 9.17) is 26.2 Å². The lowest BCUT2D eigenvalue weighted by atomic mass is 10.1. The van der Waals surface area contributed by atoms with Crippen LogP contribution in [-0.2, 0) is 26.1 Å². The van der Waals surface area contributed by atoms with Crippen molar-refractivity contribution in [2.24, 2.45) is 5.14 Å². The molecule has 11 nitrogen and oxygen atoms in total. The highest BCUT2D eigenvalue weighted by Crippen LogP contribution is 2.20. The van der Waals surface area contributed by atoms with Gasteiger partial charge in [0.25, 0.3) is 11.8 Å². The Hall–Kier alpha value is -4.23. The maximum atomic E-state index is 12.7. The molecule has 0 aliphatic carbocycles. The van der Waals surface area contributed by atoms with Gasteiger partial charge in [-0.25, -0.2) is 18.4 Å². The number of primary sulfonamides is 1. The molecule has 5 N–H and O–H groups in total. The first kappa shape index (κ1) is 29.3. The van der Waals surface area contributed by atoms with Gasteiger partial charge in [-0.3, -0.25) is 9.59 Å². The van der Waals surface area contributed by atoms with E-state index in [2.05, 4.69) is 10.6 Å². The monoisotopic (exact) mass is 573 g/mol. The van der Waals surface area contributed by atoms with Crippen molar-refractivity contribution in [1.29, 1.82) is 0 Å². The predicted octanol–water partition coefficient (Wildman–Crippen LogP) is 2.76. The Bertz CT molecular complexity index is 1520. The van der Waals surface area contributed by atoms with Crippen molar-refractivity contribution < 1.29 is 37.4 Å². The molecule has 0 atom stereocenters. The van der Waals surface area contributed by atoms with Crippen molar-refractivity contribution in [2.75, 3.05) is 13.9 Å². The Balaban J connectivity index is 1.68. The van der Waals surface area contributed by atoms with Crippen molar-refractivity contribution in [3.05, 3.63) is 99.7 Å². The van der Waals surface area contributed by atoms with Crippen LogP contribution in [0.3, 0.4) is 0 Å². The second kappa shape index (κ2) is 13.0. The third-order valence-corrected chi connectivity index (χ3v) is 6.41. The summed E-state index contributed by atoms with van der Waals surface area (Å²) in [5.74, 6) is -2.13. The fraction of sp³-hybridized carbons (Fsp3) is 0.115. The lowest BCUT2D eigenvalue weighted by molar-refractivity contribution is -0.132. The Morgan fingerprint density at radius 1 is 1.03 bits per heavy atom. The summed E-state index contributed by atoms with van der Waals surface area (Å²) < 4.78 is 33.0. The lowest BCUT2D eigenvalue weighted by Crippen LogP contribution is -2.28. The maximum absolute atomic E-state index is 12.7. The first-order chi connectivity index (χ1) is 18.5. The van der Waals surface area contributed by atoms with Gasteiger partial charge in [0.15, 0.2) is 6.79 Å². The zero-order chi connectivity index (χ0) is 28.6. The number of aliphatic carboxylic acids is 1. The molecule has 0 radical (unpaired) electrons. The predicted molar refractivity (Wildman–Crippen MR) is 142 cm³/mol. The number of carbonyl (C=O) groups is 3. The molecule has 3 aromatic rings. The highest BCUT2D eigenvalue weighted by Gasteiger charge is 2.18. The quantitative estimate of drug-likeness (QED) is 0.200. The van der Waals surface area contributed by atoms with Gasteiger partial charge in [0.2, 0.25) is 10.0 Å². The minimum atomic E-state index is -3.92. The molecule has 0 saturated heterocycles. The fourth-order valence-electron chi connectivity index (χ4n) is 3.26. The molecule has 0 bridgehead atoms. The van der Waals surface area contributed by atoms with Crippen LogP contribution in [0.1, 0.15) is 31.8 Å². The summed E-state index contributed by atoms with van der Waals surface area (Å²) in [5.41, 5.74) is 0.721. The van der Waals surface area contributed by atoms with E-state index in [1.165, 1.54) is 49.6 Å². The van der Waals surface area contributed by atoms with Gasteiger partial charge < -0.3 is 25.2 Å². The van der Waals surface area contributed by atoms with Crippen LogP contribution in [0.5, 0.6) is 5.75 Å². The van der Waals surface area contributed by atoms with Crippen LogP contribution in [0.2, 0.25) is 5.02 Å². The van der Waals surface area contributed by atoms with E-state index in [0.29, 0.717) is 11.3 Å². The van der Waals surface area contributed by atoms with Gasteiger partial charge in [-0.05, 0) is 59.7 Å². The molecule has 13 heteroatoms. The lowest BCUT2D eigenvalue weighted by Gasteiger charge is -2.11. The zero-order valence-electron chi connectivity index (χ0n) is 20.5. The van der Waals surface area contributed by atoms with Crippen LogP contribution in [-0.4, -0.2) is 45.2 Å². The highest BCUT2D eigenvalue weighted by atomic mass is 35.5. The number of nitrogens with one attached hydrogen (secondary N) is 2. The second-order valence-electron chi connectivity index (χ2n) is 8.01. The van der Waals surface area contributed by atoms with Crippen LogP contribution in [0.4, 0.5) is 0 Å². The average Bonchev–Trinajstić information content (AvgIpc) is 2.90. The number of carbonyl (C=O) groups excluding carboxylic acids is 2. The van der Waals surface area contributed by atoms with E-state index in [9.17, 15) is 27.9 Å². The van der Waals surface area contributed by atoms with Crippen LogP contribution >= 0.6 is 11.6 Å². The molecule has 0 aliphatic heterocycles. The number of ether oxygens (including phenoxy) is 2. The molecule has 0 spiro atoms. The summed E-state index contributed by atoms with van der Waals surface area (Å²) in [7, 11) is -2.41. The third-order valence-electron chi connectivity index (χ3n) is 5.17. The number of halogens is 1. The topological polar surface area (TPSA) is 174 Å². The van der Waals surface area contributed by atoms with E-state index < -0.39 is 33.5 Å². The molecule has 2 amide bonds. The number of nitrogens with two attached hydrogens (primary N) is 1. The standard InChI is InChI=1S/C26H24ClN3O8S/c1-37-15-38-19-4-2-3-17(11-19)14-29-24(31)18-7-10-21(22(27)13-18)25(32)30-23(26(33)34)12-16-5-8-20(9-6-16)39(28,35)36/h2-13H,14-15H2,1H3,(H,29,31)(H,30,32)(H,33,34)(H2,28,35,36)/b23-12-. The largest absolute Gasteiger partial charge is 0.477 e. The second-order valence-corrected chi connectivity index (χ2v) is 9.98. The number of methoxy groups -OCH3 is 1. The number of carboxylic acids is 1. The van der Waals surface area contributed by atoms with Crippen LogP contribution in [0.15, 0.2) is 77.3 Å². The van der Waals surface area contributed by atoms with E-state index in [1.54, 1.807) is 18.2 Å². The average molecular weight is 574 g/mol. The number of amides is 2. The van der Waals surface area contributed by atoms with Gasteiger partial charge in [0, 0.05) is 19.2 Å². The highest BCUT2D eigenvalue weighted by molar-refractivity contribution is 7.89. The molecule has 0 aromatic heterocycles. The molecule has 0 fully saturated rings. The number of benzene rings is 3. The third kappa shape index (κ3) is 8.38. The van der Waals surface area contributed by atoms with Gasteiger partial charge in [-0.2, -0.15) is 0 Å². The number of sulfonamides is 1. The van der Waals surface area contributed by atoms with E-state index >= 15 is 0 Å². The summed E-state index contributed by atoms with van der Waals surface area (Å²) in [4.78, 5) is 36.9. The minimum absolute atomic E-state index is 0.0621. The summed E-state index contributed by atoms with van der Waals surface area (Å²) in [5, 5.41) is 19.5. The van der Waals surface area contributed by atoms with E-state index in [0.717, 1.165) is 11.6 Å². The van der Waals surface area contributed by atoms with Crippen LogP contribution < -0.4 is 20.5 Å². The molecule has 3 rings (SSSR count). The first-order valence-electron chi connectivity index (χ1n) is 11.2. The summed E-state index contributed by atoms with van der Waals surface area (Å²) in [6.45, 7) is 0.292. The summed E-state index contributed by atoms with van der Waals surface area (Å²) in [6, 6.07) is 16.1. The first-order valence-corrected chi connectivity index (χ1v) is 13.1. The van der Waals surface area contributed by atoms with Crippen molar-refractivity contribution in [3.8, 4) is 5.75 Å². The van der Waals surface area contributed by atoms with Gasteiger partial charge in [0.1, 0.15) is 11.4 Å². The SMILES string of the molecule is COCOc1cccc(CNC(=O)c2ccc(C(=O)N/C(=C\c3ccc(S(N)(=O)=O)cc3)C(=O)O)c(Cl)c2)c1. The Labute approximate surface area is 229 Å². The summed E-state index contributed by atoms with van der Waals surface area (Å²) >= 11 is 6.23. The molecular formula is C26H24ClN3O8S. The van der Waals surface area contributed by atoms with E-state index in [1.807, 2.05) is 6.07 Å². The van der Waals surface area contributed by atoms with Crippen molar-refractivity contribution in [1.82, 2.24) is 10.6 Å². The van der Waals surface area contributed by atoms with Crippen molar-refractivity contribution in [3.63, 3.8) is 0 Å². The minimum Gasteiger partial charge on any atom is -0.477 e. The molecule has 0 unspecified atom stereocenters. The molecule has 0 saturated carbocycles. The van der Waals surface area contributed by atoms with E-state index in [-0.39, 0.29) is 34.4 Å². The molecule has 204 valence electrons. The Morgan fingerprint density at radius 3 is 2.36 bits per heavy atom. The normalized spacial score (nSPS) is 11.5. The van der Waals surface area contributed by atoms with Gasteiger partial charge >= 0.3 is 5.97 Å². The zero-order valence-corrected chi connectivity index (χ0v) is 22.1. The van der Waals surface area contributed by atoms with Crippen molar-refractivity contribution in [2.45, 2.75) is 11.4 Å². The molecular weight excluding hydrogens is 550 g/mol. The van der Waals surface area contributed by atoms with Crippen LogP contribution in [0.25, 0.3) is 6.08 Å². The van der Waals surface area contributed by atoms with Gasteiger partial charge in [0.05, 0.1) is 15.5 Å². The number of hydrogen-bond acceptors (Lipinski definition) is 7.